The van der Waals surface area contributed by atoms with E-state index in [1.807, 2.05) is 37.3 Å². The molecule has 0 saturated carbocycles. The molecule has 5 nitrogen and oxygen atoms in total. The third-order valence-electron chi connectivity index (χ3n) is 4.97. The van der Waals surface area contributed by atoms with Gasteiger partial charge in [-0.05, 0) is 36.8 Å². The van der Waals surface area contributed by atoms with Crippen LogP contribution in [0.25, 0.3) is 0 Å². The molecular formula is C24H25NO4S. The molecule has 0 heterocycles. The molecule has 6 heteroatoms. The van der Waals surface area contributed by atoms with E-state index < -0.39 is 15.9 Å². The summed E-state index contributed by atoms with van der Waals surface area (Å²) in [6.45, 7) is 2.28. The van der Waals surface area contributed by atoms with Gasteiger partial charge in [-0.15, -0.1) is 0 Å². The van der Waals surface area contributed by atoms with Gasteiger partial charge in [-0.1, -0.05) is 60.7 Å². The van der Waals surface area contributed by atoms with Crippen LogP contribution in [0.15, 0.2) is 94.7 Å². The molecule has 2 N–H and O–H groups in total. The van der Waals surface area contributed by atoms with E-state index in [0.29, 0.717) is 12.1 Å². The molecule has 0 radical (unpaired) electrons. The Morgan fingerprint density at radius 1 is 0.867 bits per heavy atom. The zero-order valence-electron chi connectivity index (χ0n) is 16.7. The number of nitrogens with one attached hydrogen (secondary N) is 1. The van der Waals surface area contributed by atoms with Gasteiger partial charge in [0.25, 0.3) is 0 Å². The van der Waals surface area contributed by atoms with Crippen molar-refractivity contribution in [3.8, 4) is 0 Å². The highest BCUT2D eigenvalue weighted by Crippen LogP contribution is 2.21. The summed E-state index contributed by atoms with van der Waals surface area (Å²) in [5.74, 6) is -0.0902. The number of Topliss-reactive ketones (excluding diaryl/α,β-unsaturated/α-hetero) is 1. The van der Waals surface area contributed by atoms with Crippen molar-refractivity contribution >= 4 is 15.6 Å². The zero-order valence-corrected chi connectivity index (χ0v) is 17.5. The second-order valence-electron chi connectivity index (χ2n) is 7.11. The van der Waals surface area contributed by atoms with Crippen molar-refractivity contribution < 1.29 is 18.3 Å². The fourth-order valence-corrected chi connectivity index (χ4v) is 4.45. The fourth-order valence-electron chi connectivity index (χ4n) is 3.16. The van der Waals surface area contributed by atoms with E-state index in [1.54, 1.807) is 42.5 Å². The number of aliphatic hydroxyl groups is 1. The van der Waals surface area contributed by atoms with Gasteiger partial charge in [-0.25, -0.2) is 8.42 Å². The van der Waals surface area contributed by atoms with Gasteiger partial charge in [-0.3, -0.25) is 4.79 Å². The Bertz CT molecular complexity index is 1070. The van der Waals surface area contributed by atoms with E-state index in [4.69, 9.17) is 0 Å². The number of carbonyl (C=O) groups excluding carboxylic acids is 1. The number of aliphatic hydroxyl groups excluding tert-OH is 1. The van der Waals surface area contributed by atoms with Gasteiger partial charge in [-0.2, -0.15) is 0 Å². The zero-order chi connectivity index (χ0) is 21.6. The molecule has 3 rings (SSSR count). The second-order valence-corrected chi connectivity index (χ2v) is 9.06. The van der Waals surface area contributed by atoms with Gasteiger partial charge in [0, 0.05) is 24.6 Å². The second kappa shape index (κ2) is 9.80. The first kappa shape index (κ1) is 21.9. The number of hydrogen-bond acceptors (Lipinski definition) is 5. The first-order valence-corrected chi connectivity index (χ1v) is 11.3. The number of hydrogen-bond donors (Lipinski definition) is 2. The average molecular weight is 424 g/mol. The normalized spacial score (nSPS) is 13.5. The summed E-state index contributed by atoms with van der Waals surface area (Å²) in [7, 11) is -3.60. The van der Waals surface area contributed by atoms with Gasteiger partial charge in [0.1, 0.15) is 0 Å². The van der Waals surface area contributed by atoms with Crippen molar-refractivity contribution in [3.05, 3.63) is 96.1 Å². The summed E-state index contributed by atoms with van der Waals surface area (Å²) in [6, 6.07) is 23.4. The van der Waals surface area contributed by atoms with Crippen molar-refractivity contribution in [2.45, 2.75) is 35.3 Å². The molecule has 0 aliphatic rings. The third-order valence-corrected chi connectivity index (χ3v) is 6.76. The van der Waals surface area contributed by atoms with Crippen LogP contribution in [0.4, 0.5) is 0 Å². The SMILES string of the molecule is CC(NCCC(=O)c1ccc(S(=O)(=O)c2ccccc2)cc1)C(O)c1ccccc1. The molecule has 0 bridgehead atoms. The lowest BCUT2D eigenvalue weighted by molar-refractivity contribution is 0.0972. The Labute approximate surface area is 177 Å². The summed E-state index contributed by atoms with van der Waals surface area (Å²) in [6.07, 6.45) is -0.417. The van der Waals surface area contributed by atoms with Crippen LogP contribution >= 0.6 is 0 Å². The molecule has 3 aromatic carbocycles. The number of carbonyl (C=O) groups is 1. The van der Waals surface area contributed by atoms with Crippen molar-refractivity contribution in [2.75, 3.05) is 6.54 Å². The first-order chi connectivity index (χ1) is 14.4. The molecule has 0 spiro atoms. The van der Waals surface area contributed by atoms with Crippen LogP contribution in [0.3, 0.4) is 0 Å². The molecule has 156 valence electrons. The Morgan fingerprint density at radius 3 is 2.00 bits per heavy atom. The number of benzene rings is 3. The fraction of sp³-hybridized carbons (Fsp3) is 0.208. The molecule has 0 aliphatic carbocycles. The van der Waals surface area contributed by atoms with Crippen molar-refractivity contribution in [3.63, 3.8) is 0 Å². The molecule has 2 atom stereocenters. The molecule has 0 saturated heterocycles. The summed E-state index contributed by atoms with van der Waals surface area (Å²) >= 11 is 0. The molecule has 0 aromatic heterocycles. The molecule has 30 heavy (non-hydrogen) atoms. The van der Waals surface area contributed by atoms with E-state index in [9.17, 15) is 18.3 Å². The predicted molar refractivity (Wildman–Crippen MR) is 116 cm³/mol. The largest absolute Gasteiger partial charge is 0.387 e. The summed E-state index contributed by atoms with van der Waals surface area (Å²) in [4.78, 5) is 12.8. The van der Waals surface area contributed by atoms with Gasteiger partial charge >= 0.3 is 0 Å². The van der Waals surface area contributed by atoms with Crippen molar-refractivity contribution in [2.24, 2.45) is 0 Å². The molecule has 0 aliphatic heterocycles. The Morgan fingerprint density at radius 2 is 1.40 bits per heavy atom. The highest BCUT2D eigenvalue weighted by atomic mass is 32.2. The van der Waals surface area contributed by atoms with Gasteiger partial charge < -0.3 is 10.4 Å². The summed E-state index contributed by atoms with van der Waals surface area (Å²) in [5.41, 5.74) is 1.28. The maximum atomic E-state index is 12.6. The van der Waals surface area contributed by atoms with Crippen molar-refractivity contribution in [1.29, 1.82) is 0 Å². The molecule has 0 fully saturated rings. The standard InChI is InChI=1S/C24H25NO4S/c1-18(24(27)20-8-4-2-5-9-20)25-17-16-23(26)19-12-14-22(15-13-19)30(28,29)21-10-6-3-7-11-21/h2-15,18,24-25,27H,16-17H2,1H3. The third kappa shape index (κ3) is 5.21. The van der Waals surface area contributed by atoms with Gasteiger partial charge in [0.15, 0.2) is 5.78 Å². The molecule has 3 aromatic rings. The Kier molecular flexibility index (Phi) is 7.15. The van der Waals surface area contributed by atoms with Crippen LogP contribution in [0.5, 0.6) is 0 Å². The van der Waals surface area contributed by atoms with Crippen LogP contribution < -0.4 is 5.32 Å². The van der Waals surface area contributed by atoms with Crippen LogP contribution in [-0.4, -0.2) is 31.9 Å². The first-order valence-electron chi connectivity index (χ1n) is 9.79. The number of rotatable bonds is 9. The Balaban J connectivity index is 1.56. The number of ketones is 1. The van der Waals surface area contributed by atoms with Gasteiger partial charge in [0.2, 0.25) is 9.84 Å². The highest BCUT2D eigenvalue weighted by Gasteiger charge is 2.18. The van der Waals surface area contributed by atoms with E-state index in [0.717, 1.165) is 5.56 Å². The molecule has 0 amide bonds. The monoisotopic (exact) mass is 423 g/mol. The maximum Gasteiger partial charge on any atom is 0.206 e. The lowest BCUT2D eigenvalue weighted by Crippen LogP contribution is -2.33. The van der Waals surface area contributed by atoms with E-state index in [-0.39, 0.29) is 28.0 Å². The number of sulfone groups is 1. The van der Waals surface area contributed by atoms with E-state index in [2.05, 4.69) is 5.32 Å². The lowest BCUT2D eigenvalue weighted by atomic mass is 10.0. The van der Waals surface area contributed by atoms with Crippen LogP contribution in [-0.2, 0) is 9.84 Å². The summed E-state index contributed by atoms with van der Waals surface area (Å²) in [5, 5.41) is 13.5. The van der Waals surface area contributed by atoms with Crippen LogP contribution in [0, 0.1) is 0 Å². The van der Waals surface area contributed by atoms with Crippen molar-refractivity contribution in [1.82, 2.24) is 5.32 Å². The smallest absolute Gasteiger partial charge is 0.206 e. The molecule has 2 unspecified atom stereocenters. The molecular weight excluding hydrogens is 398 g/mol. The minimum absolute atomic E-state index is 0.0902. The topological polar surface area (TPSA) is 83.5 Å². The van der Waals surface area contributed by atoms with E-state index >= 15 is 0 Å². The van der Waals surface area contributed by atoms with Gasteiger partial charge in [0.05, 0.1) is 15.9 Å². The summed E-state index contributed by atoms with van der Waals surface area (Å²) < 4.78 is 25.2. The van der Waals surface area contributed by atoms with E-state index in [1.165, 1.54) is 12.1 Å². The quantitative estimate of drug-likeness (QED) is 0.512. The maximum absolute atomic E-state index is 12.6. The minimum Gasteiger partial charge on any atom is -0.387 e. The minimum atomic E-state index is -3.60. The Hall–Kier alpha value is -2.80. The predicted octanol–water partition coefficient (Wildman–Crippen LogP) is 3.80. The lowest BCUT2D eigenvalue weighted by Gasteiger charge is -2.20. The average Bonchev–Trinajstić information content (AvgIpc) is 2.79. The highest BCUT2D eigenvalue weighted by molar-refractivity contribution is 7.91. The van der Waals surface area contributed by atoms with Crippen LogP contribution in [0.2, 0.25) is 0 Å². The van der Waals surface area contributed by atoms with Crippen LogP contribution in [0.1, 0.15) is 35.4 Å².